The maximum Gasteiger partial charge on any atom is 0.205 e. The Balaban J connectivity index is 1.89. The number of rotatable bonds is 4. The molecule has 1 aromatic heterocycles. The maximum absolute atomic E-state index is 4.04. The van der Waals surface area contributed by atoms with Crippen LogP contribution in [0.5, 0.6) is 0 Å². The highest BCUT2D eigenvalue weighted by atomic mass is 32.1. The Morgan fingerprint density at radius 3 is 2.35 bits per heavy atom. The highest BCUT2D eigenvalue weighted by Crippen LogP contribution is 2.14. The monoisotopic (exact) mass is 247 g/mol. The van der Waals surface area contributed by atoms with Crippen molar-refractivity contribution in [1.29, 1.82) is 0 Å². The zero-order valence-electron chi connectivity index (χ0n) is 10.4. The molecule has 1 N–H and O–H groups in total. The number of aryl methyl sites for hydroxylation is 3. The molecule has 17 heavy (non-hydrogen) atoms. The average molecular weight is 247 g/mol. The summed E-state index contributed by atoms with van der Waals surface area (Å²) in [6.45, 7) is 7.14. The van der Waals surface area contributed by atoms with E-state index >= 15 is 0 Å². The molecule has 0 unspecified atom stereocenters. The van der Waals surface area contributed by atoms with Crippen LogP contribution >= 0.6 is 11.3 Å². The Morgan fingerprint density at radius 2 is 1.76 bits per heavy atom. The smallest absolute Gasteiger partial charge is 0.205 e. The summed E-state index contributed by atoms with van der Waals surface area (Å²) >= 11 is 1.60. The number of nitrogens with one attached hydrogen (secondary N) is 1. The molecule has 90 valence electrons. The highest BCUT2D eigenvalue weighted by molar-refractivity contribution is 7.15. The summed E-state index contributed by atoms with van der Waals surface area (Å²) in [6.07, 6.45) is 1.02. The van der Waals surface area contributed by atoms with E-state index in [0.717, 1.165) is 23.1 Å². The molecule has 1 heterocycles. The van der Waals surface area contributed by atoms with Crippen LogP contribution in [0, 0.1) is 20.8 Å². The minimum absolute atomic E-state index is 0.900. The van der Waals surface area contributed by atoms with Gasteiger partial charge in [-0.05, 0) is 32.8 Å². The van der Waals surface area contributed by atoms with Crippen LogP contribution in [0.4, 0.5) is 5.13 Å². The van der Waals surface area contributed by atoms with E-state index < -0.39 is 0 Å². The highest BCUT2D eigenvalue weighted by Gasteiger charge is 2.00. The summed E-state index contributed by atoms with van der Waals surface area (Å²) in [5.41, 5.74) is 4.02. The molecule has 0 saturated heterocycles. The van der Waals surface area contributed by atoms with Crippen molar-refractivity contribution in [3.05, 3.63) is 39.9 Å². The second-order valence-electron chi connectivity index (χ2n) is 4.30. The van der Waals surface area contributed by atoms with Crippen molar-refractivity contribution in [2.45, 2.75) is 27.2 Å². The van der Waals surface area contributed by atoms with E-state index in [1.807, 2.05) is 6.92 Å². The lowest BCUT2D eigenvalue weighted by Crippen LogP contribution is -2.04. The SMILES string of the molecule is Cc1cc(C)cc(CCNc2nnc(C)s2)c1. The molecule has 0 bridgehead atoms. The third-order valence-corrected chi connectivity index (χ3v) is 3.29. The molecule has 3 nitrogen and oxygen atoms in total. The molecule has 0 amide bonds. The van der Waals surface area contributed by atoms with Gasteiger partial charge in [-0.1, -0.05) is 40.7 Å². The van der Waals surface area contributed by atoms with Gasteiger partial charge in [0.1, 0.15) is 5.01 Å². The van der Waals surface area contributed by atoms with Crippen molar-refractivity contribution in [3.63, 3.8) is 0 Å². The van der Waals surface area contributed by atoms with Crippen LogP contribution in [0.25, 0.3) is 0 Å². The third-order valence-electron chi connectivity index (χ3n) is 2.50. The molecule has 0 aliphatic heterocycles. The second-order valence-corrected chi connectivity index (χ2v) is 5.48. The molecule has 0 fully saturated rings. The van der Waals surface area contributed by atoms with Crippen LogP contribution in [0.15, 0.2) is 18.2 Å². The lowest BCUT2D eigenvalue weighted by atomic mass is 10.1. The molecular formula is C13H17N3S. The molecule has 4 heteroatoms. The summed E-state index contributed by atoms with van der Waals surface area (Å²) in [6, 6.07) is 6.67. The van der Waals surface area contributed by atoms with Gasteiger partial charge in [-0.15, -0.1) is 10.2 Å². The largest absolute Gasteiger partial charge is 0.360 e. The van der Waals surface area contributed by atoms with Crippen LogP contribution in [-0.4, -0.2) is 16.7 Å². The predicted molar refractivity (Wildman–Crippen MR) is 72.8 cm³/mol. The predicted octanol–water partition coefficient (Wildman–Crippen LogP) is 3.12. The summed E-state index contributed by atoms with van der Waals surface area (Å²) in [4.78, 5) is 0. The number of nitrogens with zero attached hydrogens (tertiary/aromatic N) is 2. The van der Waals surface area contributed by atoms with Crippen molar-refractivity contribution >= 4 is 16.5 Å². The van der Waals surface area contributed by atoms with Crippen molar-refractivity contribution in [1.82, 2.24) is 10.2 Å². The van der Waals surface area contributed by atoms with Gasteiger partial charge >= 0.3 is 0 Å². The quantitative estimate of drug-likeness (QED) is 0.902. The lowest BCUT2D eigenvalue weighted by Gasteiger charge is -2.05. The molecule has 1 aromatic carbocycles. The normalized spacial score (nSPS) is 10.5. The zero-order valence-corrected chi connectivity index (χ0v) is 11.3. The van der Waals surface area contributed by atoms with Crippen LogP contribution in [-0.2, 0) is 6.42 Å². The zero-order chi connectivity index (χ0) is 12.3. The minimum atomic E-state index is 0.900. The van der Waals surface area contributed by atoms with E-state index in [9.17, 15) is 0 Å². The van der Waals surface area contributed by atoms with Crippen molar-refractivity contribution in [3.8, 4) is 0 Å². The summed E-state index contributed by atoms with van der Waals surface area (Å²) in [7, 11) is 0. The van der Waals surface area contributed by atoms with E-state index in [4.69, 9.17) is 0 Å². The molecule has 2 aromatic rings. The first-order chi connectivity index (χ1) is 8.13. The summed E-state index contributed by atoms with van der Waals surface area (Å²) in [5, 5.41) is 13.2. The van der Waals surface area contributed by atoms with E-state index in [1.54, 1.807) is 11.3 Å². The number of hydrogen-bond acceptors (Lipinski definition) is 4. The van der Waals surface area contributed by atoms with Gasteiger partial charge in [0.2, 0.25) is 5.13 Å². The van der Waals surface area contributed by atoms with E-state index in [1.165, 1.54) is 16.7 Å². The molecule has 2 rings (SSSR count). The molecule has 0 aliphatic carbocycles. The first-order valence-electron chi connectivity index (χ1n) is 5.74. The van der Waals surface area contributed by atoms with Gasteiger partial charge in [0.15, 0.2) is 0 Å². The van der Waals surface area contributed by atoms with Crippen molar-refractivity contribution < 1.29 is 0 Å². The molecular weight excluding hydrogens is 230 g/mol. The van der Waals surface area contributed by atoms with E-state index in [-0.39, 0.29) is 0 Å². The topological polar surface area (TPSA) is 37.8 Å². The van der Waals surface area contributed by atoms with Gasteiger partial charge in [0, 0.05) is 6.54 Å². The van der Waals surface area contributed by atoms with E-state index in [0.29, 0.717) is 0 Å². The Morgan fingerprint density at radius 1 is 1.06 bits per heavy atom. The van der Waals surface area contributed by atoms with Crippen LogP contribution < -0.4 is 5.32 Å². The summed E-state index contributed by atoms with van der Waals surface area (Å²) in [5.74, 6) is 0. The standard InChI is InChI=1S/C13H17N3S/c1-9-6-10(2)8-12(7-9)4-5-14-13-16-15-11(3)17-13/h6-8H,4-5H2,1-3H3,(H,14,16). The molecule has 0 atom stereocenters. The molecule has 0 spiro atoms. The number of anilines is 1. The van der Waals surface area contributed by atoms with Crippen molar-refractivity contribution in [2.24, 2.45) is 0 Å². The van der Waals surface area contributed by atoms with Crippen LogP contribution in [0.2, 0.25) is 0 Å². The Bertz CT molecular complexity index is 485. The fourth-order valence-electron chi connectivity index (χ4n) is 1.90. The van der Waals surface area contributed by atoms with Gasteiger partial charge in [-0.2, -0.15) is 0 Å². The average Bonchev–Trinajstić information content (AvgIpc) is 2.63. The molecule has 0 aliphatic rings. The first-order valence-corrected chi connectivity index (χ1v) is 6.56. The fourth-order valence-corrected chi connectivity index (χ4v) is 2.51. The van der Waals surface area contributed by atoms with Crippen LogP contribution in [0.3, 0.4) is 0 Å². The third kappa shape index (κ3) is 3.53. The van der Waals surface area contributed by atoms with Gasteiger partial charge in [-0.25, -0.2) is 0 Å². The molecule has 0 saturated carbocycles. The lowest BCUT2D eigenvalue weighted by molar-refractivity contribution is 0.983. The number of benzene rings is 1. The Kier molecular flexibility index (Phi) is 3.74. The van der Waals surface area contributed by atoms with Crippen molar-refractivity contribution in [2.75, 3.05) is 11.9 Å². The Hall–Kier alpha value is -1.42. The van der Waals surface area contributed by atoms with Gasteiger partial charge in [-0.3, -0.25) is 0 Å². The maximum atomic E-state index is 4.04. The minimum Gasteiger partial charge on any atom is -0.360 e. The van der Waals surface area contributed by atoms with E-state index in [2.05, 4.69) is 47.6 Å². The second kappa shape index (κ2) is 5.27. The number of hydrogen-bond donors (Lipinski definition) is 1. The van der Waals surface area contributed by atoms with Gasteiger partial charge in [0.25, 0.3) is 0 Å². The van der Waals surface area contributed by atoms with Gasteiger partial charge in [0.05, 0.1) is 0 Å². The van der Waals surface area contributed by atoms with Gasteiger partial charge < -0.3 is 5.32 Å². The number of aromatic nitrogens is 2. The summed E-state index contributed by atoms with van der Waals surface area (Å²) < 4.78 is 0. The Labute approximate surface area is 106 Å². The fraction of sp³-hybridized carbons (Fsp3) is 0.385. The molecule has 0 radical (unpaired) electrons. The van der Waals surface area contributed by atoms with Crippen LogP contribution in [0.1, 0.15) is 21.7 Å². The first kappa shape index (κ1) is 12.0.